The molecule has 13 nitrogen and oxygen atoms in total. The van der Waals surface area contributed by atoms with Crippen LogP contribution in [0.2, 0.25) is 0 Å². The molecule has 42 heavy (non-hydrogen) atoms. The Hall–Kier alpha value is -3.81. The molecule has 4 rings (SSSR count). The van der Waals surface area contributed by atoms with E-state index in [2.05, 4.69) is 20.2 Å². The van der Waals surface area contributed by atoms with Crippen molar-refractivity contribution >= 4 is 17.7 Å². The first-order chi connectivity index (χ1) is 20.1. The molecule has 236 valence electrons. The smallest absolute Gasteiger partial charge is 0.267 e. The van der Waals surface area contributed by atoms with Crippen LogP contribution in [-0.4, -0.2) is 95.6 Å². The summed E-state index contributed by atoms with van der Waals surface area (Å²) in [5, 5.41) is 13.1. The highest BCUT2D eigenvalue weighted by atomic mass is 16.5. The van der Waals surface area contributed by atoms with Crippen LogP contribution in [-0.2, 0) is 22.6 Å². The van der Waals surface area contributed by atoms with E-state index < -0.39 is 11.8 Å². The highest BCUT2D eigenvalue weighted by Crippen LogP contribution is 2.24. The van der Waals surface area contributed by atoms with Gasteiger partial charge in [0.15, 0.2) is 0 Å². The van der Waals surface area contributed by atoms with E-state index >= 15 is 0 Å². The number of carbonyl (C=O) groups is 3. The van der Waals surface area contributed by atoms with E-state index in [4.69, 9.17) is 20.9 Å². The van der Waals surface area contributed by atoms with Crippen LogP contribution >= 0.6 is 0 Å². The molecule has 0 aromatic carbocycles. The summed E-state index contributed by atoms with van der Waals surface area (Å²) in [6.45, 7) is 11.0. The van der Waals surface area contributed by atoms with Crippen LogP contribution in [0.1, 0.15) is 68.6 Å². The van der Waals surface area contributed by atoms with E-state index in [0.29, 0.717) is 23.8 Å². The Morgan fingerprint density at radius 1 is 1.02 bits per heavy atom. The van der Waals surface area contributed by atoms with Crippen LogP contribution in [0.5, 0.6) is 11.5 Å². The quantitative estimate of drug-likeness (QED) is 0.317. The van der Waals surface area contributed by atoms with E-state index in [-0.39, 0.29) is 31.9 Å². The highest BCUT2D eigenvalue weighted by molar-refractivity contribution is 5.91. The summed E-state index contributed by atoms with van der Waals surface area (Å²) in [5.41, 5.74) is 12.3. The SMILES string of the molecule is CC.CC(=O)N1CCC(NCc2cc(C(N)=O)ncc2O)CC1.COCC1CN(Cc2cc(C(N)=O)ncc2OC)C1.[HH].[HH]. The van der Waals surface area contributed by atoms with Crippen molar-refractivity contribution in [2.45, 2.75) is 52.7 Å². The van der Waals surface area contributed by atoms with Crippen LogP contribution < -0.4 is 21.5 Å². The fraction of sp³-hybridized carbons (Fsp3) is 0.552. The van der Waals surface area contributed by atoms with Crippen LogP contribution in [0.4, 0.5) is 0 Å². The van der Waals surface area contributed by atoms with Gasteiger partial charge in [0, 0.05) is 79.2 Å². The minimum Gasteiger partial charge on any atom is -0.506 e. The molecule has 0 radical (unpaired) electrons. The van der Waals surface area contributed by atoms with E-state index in [1.165, 1.54) is 12.3 Å². The molecule has 0 spiro atoms. The normalized spacial score (nSPS) is 15.4. The van der Waals surface area contributed by atoms with Gasteiger partial charge in [-0.2, -0.15) is 0 Å². The summed E-state index contributed by atoms with van der Waals surface area (Å²) in [6, 6.07) is 3.48. The molecule has 2 aromatic rings. The molecule has 2 aromatic heterocycles. The van der Waals surface area contributed by atoms with Crippen molar-refractivity contribution in [2.75, 3.05) is 47.0 Å². The molecular formula is C29H49N7O6. The first-order valence-electron chi connectivity index (χ1n) is 14.1. The summed E-state index contributed by atoms with van der Waals surface area (Å²) in [6.07, 6.45) is 4.51. The number of likely N-dealkylation sites (tertiary alicyclic amines) is 2. The van der Waals surface area contributed by atoms with E-state index in [0.717, 1.165) is 57.7 Å². The summed E-state index contributed by atoms with van der Waals surface area (Å²) >= 11 is 0. The Balaban J connectivity index is 0.000000766. The molecular weight excluding hydrogens is 542 g/mol. The summed E-state index contributed by atoms with van der Waals surface area (Å²) in [5.74, 6) is 0.268. The number of piperidine rings is 1. The minimum atomic E-state index is -0.619. The second-order valence-electron chi connectivity index (χ2n) is 9.98. The maximum Gasteiger partial charge on any atom is 0.267 e. The van der Waals surface area contributed by atoms with Crippen molar-refractivity contribution in [1.82, 2.24) is 25.1 Å². The lowest BCUT2D eigenvalue weighted by molar-refractivity contribution is -0.129. The third-order valence-electron chi connectivity index (χ3n) is 6.99. The van der Waals surface area contributed by atoms with Gasteiger partial charge in [-0.3, -0.25) is 19.3 Å². The molecule has 3 amide bonds. The van der Waals surface area contributed by atoms with Crippen LogP contribution in [0, 0.1) is 5.92 Å². The lowest BCUT2D eigenvalue weighted by atomic mass is 10.00. The Morgan fingerprint density at radius 3 is 2.12 bits per heavy atom. The van der Waals surface area contributed by atoms with Crippen molar-refractivity contribution in [3.8, 4) is 11.5 Å². The van der Waals surface area contributed by atoms with E-state index in [1.54, 1.807) is 33.4 Å². The number of rotatable bonds is 10. The van der Waals surface area contributed by atoms with Gasteiger partial charge in [0.2, 0.25) is 5.91 Å². The number of methoxy groups -OCH3 is 2. The third-order valence-corrected chi connectivity index (χ3v) is 6.99. The lowest BCUT2D eigenvalue weighted by Gasteiger charge is -2.39. The second-order valence-corrected chi connectivity index (χ2v) is 9.98. The second kappa shape index (κ2) is 17.2. The van der Waals surface area contributed by atoms with Crippen LogP contribution in [0.15, 0.2) is 24.5 Å². The zero-order valence-corrected chi connectivity index (χ0v) is 25.3. The predicted molar refractivity (Wildman–Crippen MR) is 162 cm³/mol. The lowest BCUT2D eigenvalue weighted by Crippen LogP contribution is -2.47. The molecule has 2 aliphatic rings. The fourth-order valence-corrected chi connectivity index (χ4v) is 4.73. The number of pyridine rings is 2. The van der Waals surface area contributed by atoms with Gasteiger partial charge in [0.25, 0.3) is 11.8 Å². The van der Waals surface area contributed by atoms with Gasteiger partial charge in [-0.1, -0.05) is 13.8 Å². The maximum absolute atomic E-state index is 11.3. The van der Waals surface area contributed by atoms with Gasteiger partial charge < -0.3 is 36.3 Å². The summed E-state index contributed by atoms with van der Waals surface area (Å²) in [4.78, 5) is 45.3. The number of hydrogen-bond acceptors (Lipinski definition) is 10. The zero-order chi connectivity index (χ0) is 31.2. The number of amides is 3. The van der Waals surface area contributed by atoms with Crippen molar-refractivity contribution in [2.24, 2.45) is 17.4 Å². The molecule has 2 fully saturated rings. The number of ether oxygens (including phenoxy) is 2. The largest absolute Gasteiger partial charge is 0.506 e. The molecule has 0 atom stereocenters. The topological polar surface area (TPSA) is 186 Å². The van der Waals surface area contributed by atoms with E-state index in [1.807, 2.05) is 18.7 Å². The van der Waals surface area contributed by atoms with Gasteiger partial charge in [0.1, 0.15) is 22.9 Å². The molecule has 0 unspecified atom stereocenters. The average molecular weight is 592 g/mol. The molecule has 0 saturated carbocycles. The Labute approximate surface area is 250 Å². The van der Waals surface area contributed by atoms with Gasteiger partial charge >= 0.3 is 0 Å². The standard InChI is InChI=1S/C14H20N4O3.C13H19N3O3.C2H6.2H2/c1-9(19)18-4-2-11(3-5-18)16-7-10-6-12(14(15)21)17-8-13(10)20;1-18-8-9-5-16(6-9)7-10-3-11(13(14)17)15-4-12(10)19-2;1-2;;/h6,8,11,16,20H,2-5,7H2,1H3,(H2,15,21);3-4,9H,5-8H2,1-2H3,(H2,14,17);1-2H3;2*1H. The number of aromatic hydroxyl groups is 1. The van der Waals surface area contributed by atoms with Crippen molar-refractivity contribution in [3.05, 3.63) is 47.0 Å². The minimum absolute atomic E-state index is 0. The van der Waals surface area contributed by atoms with Gasteiger partial charge in [-0.15, -0.1) is 0 Å². The molecule has 6 N–H and O–H groups in total. The number of carbonyl (C=O) groups excluding carboxylic acids is 3. The summed E-state index contributed by atoms with van der Waals surface area (Å²) < 4.78 is 10.4. The Bertz CT molecular complexity index is 1190. The third kappa shape index (κ3) is 10.2. The fourth-order valence-electron chi connectivity index (χ4n) is 4.73. The Morgan fingerprint density at radius 2 is 1.60 bits per heavy atom. The average Bonchev–Trinajstić information content (AvgIpc) is 2.97. The van der Waals surface area contributed by atoms with E-state index in [9.17, 15) is 19.5 Å². The number of hydrogen-bond donors (Lipinski definition) is 4. The number of nitrogens with zero attached hydrogens (tertiary/aromatic N) is 4. The monoisotopic (exact) mass is 591 g/mol. The molecule has 2 saturated heterocycles. The molecule has 13 heteroatoms. The van der Waals surface area contributed by atoms with Crippen molar-refractivity contribution < 1.29 is 31.8 Å². The first-order valence-corrected chi connectivity index (χ1v) is 14.1. The van der Waals surface area contributed by atoms with Crippen molar-refractivity contribution in [3.63, 3.8) is 0 Å². The Kier molecular flexibility index (Phi) is 14.1. The first kappa shape index (κ1) is 34.4. The maximum atomic E-state index is 11.3. The van der Waals surface area contributed by atoms with Gasteiger partial charge in [0.05, 0.1) is 26.1 Å². The highest BCUT2D eigenvalue weighted by Gasteiger charge is 2.27. The molecule has 0 bridgehead atoms. The molecule has 0 aliphatic carbocycles. The van der Waals surface area contributed by atoms with Crippen LogP contribution in [0.3, 0.4) is 0 Å². The number of aromatic nitrogens is 2. The molecule has 2 aliphatic heterocycles. The zero-order valence-electron chi connectivity index (χ0n) is 25.3. The number of nitrogens with one attached hydrogen (secondary N) is 1. The van der Waals surface area contributed by atoms with Gasteiger partial charge in [-0.25, -0.2) is 9.97 Å². The summed E-state index contributed by atoms with van der Waals surface area (Å²) in [7, 11) is 3.31. The number of primary amides is 2. The molecule has 4 heterocycles. The number of nitrogens with two attached hydrogens (primary N) is 2. The van der Waals surface area contributed by atoms with Crippen molar-refractivity contribution in [1.29, 1.82) is 0 Å². The van der Waals surface area contributed by atoms with Gasteiger partial charge in [-0.05, 0) is 25.0 Å². The van der Waals surface area contributed by atoms with Crippen LogP contribution in [0.25, 0.3) is 0 Å². The predicted octanol–water partition coefficient (Wildman–Crippen LogP) is 1.77.